The summed E-state index contributed by atoms with van der Waals surface area (Å²) in [7, 11) is 1.78. The lowest BCUT2D eigenvalue weighted by molar-refractivity contribution is -0.0828. The van der Waals surface area contributed by atoms with E-state index in [0.29, 0.717) is 12.6 Å². The van der Waals surface area contributed by atoms with Crippen LogP contribution in [0.3, 0.4) is 0 Å². The second-order valence-electron chi connectivity index (χ2n) is 7.22. The van der Waals surface area contributed by atoms with Crippen LogP contribution in [0.2, 0.25) is 0 Å². The zero-order valence-corrected chi connectivity index (χ0v) is 20.8. The lowest BCUT2D eigenvalue weighted by atomic mass is 9.94. The Morgan fingerprint density at radius 2 is 1.79 bits per heavy atom. The van der Waals surface area contributed by atoms with E-state index in [2.05, 4.69) is 66.6 Å². The molecule has 6 nitrogen and oxygen atoms in total. The number of guanidine groups is 1. The van der Waals surface area contributed by atoms with Crippen molar-refractivity contribution >= 4 is 29.9 Å². The zero-order valence-electron chi connectivity index (χ0n) is 18.4. The Morgan fingerprint density at radius 3 is 2.34 bits per heavy atom. The number of likely N-dealkylation sites (N-methyl/N-ethyl adjacent to an activating group) is 1. The second kappa shape index (κ2) is 14.2. The molecule has 1 fully saturated rings. The molecule has 0 radical (unpaired) electrons. The first kappa shape index (κ1) is 26.1. The minimum absolute atomic E-state index is 0. The fourth-order valence-corrected chi connectivity index (χ4v) is 3.73. The minimum Gasteiger partial charge on any atom is -0.381 e. The maximum Gasteiger partial charge on any atom is 0.191 e. The standard InChI is InChI=1S/C22H38N4O2.HI/c1-5-23-21(25-18-22(27-4)13-15-28-16-14-22)24-17-20(26(6-2)7-3)19-11-9-8-10-12-19;/h8-12,20H,5-7,13-18H2,1-4H3,(H2,23,24,25);1H. The van der Waals surface area contributed by atoms with Crippen LogP contribution in [0.25, 0.3) is 0 Å². The average Bonchev–Trinajstić information content (AvgIpc) is 2.76. The molecule has 2 N–H and O–H groups in total. The predicted octanol–water partition coefficient (Wildman–Crippen LogP) is 3.44. The Morgan fingerprint density at radius 1 is 1.14 bits per heavy atom. The molecule has 0 aliphatic carbocycles. The van der Waals surface area contributed by atoms with Gasteiger partial charge in [-0.3, -0.25) is 9.89 Å². The van der Waals surface area contributed by atoms with Crippen molar-refractivity contribution in [1.29, 1.82) is 0 Å². The van der Waals surface area contributed by atoms with Gasteiger partial charge in [0.05, 0.1) is 18.2 Å². The number of benzene rings is 1. The number of halogens is 1. The third kappa shape index (κ3) is 8.03. The summed E-state index contributed by atoms with van der Waals surface area (Å²) >= 11 is 0. The molecule has 0 saturated carbocycles. The van der Waals surface area contributed by atoms with Gasteiger partial charge in [-0.25, -0.2) is 0 Å². The molecule has 1 saturated heterocycles. The van der Waals surface area contributed by atoms with Gasteiger partial charge in [0.2, 0.25) is 0 Å². The van der Waals surface area contributed by atoms with Gasteiger partial charge < -0.3 is 20.1 Å². The summed E-state index contributed by atoms with van der Waals surface area (Å²) in [4.78, 5) is 7.33. The number of nitrogens with zero attached hydrogens (tertiary/aromatic N) is 2. The highest BCUT2D eigenvalue weighted by molar-refractivity contribution is 14.0. The molecular formula is C22H39IN4O2. The zero-order chi connectivity index (χ0) is 20.2. The maximum atomic E-state index is 5.82. The molecule has 1 atom stereocenters. The molecule has 0 aromatic heterocycles. The van der Waals surface area contributed by atoms with Crippen molar-refractivity contribution < 1.29 is 9.47 Å². The third-order valence-electron chi connectivity index (χ3n) is 5.61. The lowest BCUT2D eigenvalue weighted by Gasteiger charge is -2.35. The Balaban J connectivity index is 0.00000420. The number of hydrogen-bond acceptors (Lipinski definition) is 4. The van der Waals surface area contributed by atoms with Gasteiger partial charge in [-0.05, 0) is 25.6 Å². The van der Waals surface area contributed by atoms with E-state index >= 15 is 0 Å². The van der Waals surface area contributed by atoms with Crippen LogP contribution in [0.15, 0.2) is 35.3 Å². The van der Waals surface area contributed by atoms with E-state index in [1.54, 1.807) is 7.11 Å². The quantitative estimate of drug-likeness (QED) is 0.283. The molecule has 29 heavy (non-hydrogen) atoms. The van der Waals surface area contributed by atoms with E-state index in [1.807, 2.05) is 0 Å². The Bertz CT molecular complexity index is 575. The molecule has 0 bridgehead atoms. The van der Waals surface area contributed by atoms with Crippen LogP contribution in [0.1, 0.15) is 45.2 Å². The molecule has 1 aromatic carbocycles. The Hall–Kier alpha value is -0.900. The topological polar surface area (TPSA) is 58.1 Å². The molecule has 1 heterocycles. The van der Waals surface area contributed by atoms with Crippen LogP contribution >= 0.6 is 24.0 Å². The number of hydrogen-bond donors (Lipinski definition) is 2. The van der Waals surface area contributed by atoms with Crippen LogP contribution < -0.4 is 10.6 Å². The second-order valence-corrected chi connectivity index (χ2v) is 7.22. The van der Waals surface area contributed by atoms with Crippen molar-refractivity contribution in [2.24, 2.45) is 4.99 Å². The first-order chi connectivity index (χ1) is 13.7. The van der Waals surface area contributed by atoms with Gasteiger partial charge in [0.1, 0.15) is 0 Å². The number of nitrogens with one attached hydrogen (secondary N) is 2. The minimum atomic E-state index is -0.210. The highest BCUT2D eigenvalue weighted by atomic mass is 127. The van der Waals surface area contributed by atoms with E-state index in [4.69, 9.17) is 14.5 Å². The molecule has 1 aliphatic heterocycles. The van der Waals surface area contributed by atoms with Crippen molar-refractivity contribution in [2.75, 3.05) is 53.0 Å². The molecule has 7 heteroatoms. The van der Waals surface area contributed by atoms with Crippen LogP contribution in [-0.4, -0.2) is 69.5 Å². The van der Waals surface area contributed by atoms with Crippen LogP contribution in [-0.2, 0) is 9.47 Å². The van der Waals surface area contributed by atoms with E-state index in [-0.39, 0.29) is 29.6 Å². The van der Waals surface area contributed by atoms with Gasteiger partial charge in [0.15, 0.2) is 5.96 Å². The summed E-state index contributed by atoms with van der Waals surface area (Å²) < 4.78 is 11.3. The Labute approximate surface area is 193 Å². The van der Waals surface area contributed by atoms with Gasteiger partial charge in [0, 0.05) is 46.3 Å². The molecule has 1 unspecified atom stereocenters. The number of rotatable bonds is 10. The van der Waals surface area contributed by atoms with Crippen molar-refractivity contribution in [2.45, 2.75) is 45.3 Å². The fraction of sp³-hybridized carbons (Fsp3) is 0.682. The summed E-state index contributed by atoms with van der Waals surface area (Å²) in [5.41, 5.74) is 1.12. The van der Waals surface area contributed by atoms with Crippen molar-refractivity contribution in [1.82, 2.24) is 15.5 Å². The van der Waals surface area contributed by atoms with Crippen LogP contribution in [0.5, 0.6) is 0 Å². The normalized spacial score (nSPS) is 17.5. The van der Waals surface area contributed by atoms with Crippen molar-refractivity contribution in [3.8, 4) is 0 Å². The highest BCUT2D eigenvalue weighted by Crippen LogP contribution is 2.25. The molecular weight excluding hydrogens is 479 g/mol. The molecule has 0 amide bonds. The molecule has 0 spiro atoms. The van der Waals surface area contributed by atoms with Gasteiger partial charge in [-0.15, -0.1) is 24.0 Å². The van der Waals surface area contributed by atoms with E-state index in [0.717, 1.165) is 58.2 Å². The summed E-state index contributed by atoms with van der Waals surface area (Å²) in [5.74, 6) is 0.846. The summed E-state index contributed by atoms with van der Waals surface area (Å²) in [6.07, 6.45) is 1.77. The highest BCUT2D eigenvalue weighted by Gasteiger charge is 2.32. The summed E-state index contributed by atoms with van der Waals surface area (Å²) in [5, 5.41) is 6.94. The third-order valence-corrected chi connectivity index (χ3v) is 5.61. The first-order valence-corrected chi connectivity index (χ1v) is 10.6. The number of aliphatic imine (C=N–C) groups is 1. The SMILES string of the molecule is CCNC(=NCC1(OC)CCOCC1)NCC(c1ccccc1)N(CC)CC.I. The maximum absolute atomic E-state index is 5.82. The van der Waals surface area contributed by atoms with Gasteiger partial charge in [-0.1, -0.05) is 44.2 Å². The smallest absolute Gasteiger partial charge is 0.191 e. The molecule has 1 aliphatic rings. The average molecular weight is 518 g/mol. The molecule has 1 aromatic rings. The van der Waals surface area contributed by atoms with Gasteiger partial charge >= 0.3 is 0 Å². The van der Waals surface area contributed by atoms with E-state index in [9.17, 15) is 0 Å². The number of ether oxygens (including phenoxy) is 2. The molecule has 2 rings (SSSR count). The largest absolute Gasteiger partial charge is 0.381 e. The van der Waals surface area contributed by atoms with E-state index in [1.165, 1.54) is 5.56 Å². The van der Waals surface area contributed by atoms with E-state index < -0.39 is 0 Å². The fourth-order valence-electron chi connectivity index (χ4n) is 3.73. The van der Waals surface area contributed by atoms with Crippen molar-refractivity contribution in [3.05, 3.63) is 35.9 Å². The van der Waals surface area contributed by atoms with Crippen molar-refractivity contribution in [3.63, 3.8) is 0 Å². The lowest BCUT2D eigenvalue weighted by Crippen LogP contribution is -2.45. The van der Waals surface area contributed by atoms with Gasteiger partial charge in [-0.2, -0.15) is 0 Å². The number of methoxy groups -OCH3 is 1. The first-order valence-electron chi connectivity index (χ1n) is 10.6. The summed E-state index contributed by atoms with van der Waals surface area (Å²) in [6.45, 7) is 12.3. The monoisotopic (exact) mass is 518 g/mol. The van der Waals surface area contributed by atoms with Crippen LogP contribution in [0.4, 0.5) is 0 Å². The van der Waals surface area contributed by atoms with Gasteiger partial charge in [0.25, 0.3) is 0 Å². The Kier molecular flexibility index (Phi) is 12.8. The predicted molar refractivity (Wildman–Crippen MR) is 131 cm³/mol. The molecule has 166 valence electrons. The van der Waals surface area contributed by atoms with Crippen LogP contribution in [0, 0.1) is 0 Å². The summed E-state index contributed by atoms with van der Waals surface area (Å²) in [6, 6.07) is 11.0.